The van der Waals surface area contributed by atoms with Gasteiger partial charge in [0.2, 0.25) is 0 Å². The fourth-order valence-corrected chi connectivity index (χ4v) is 1.76. The Morgan fingerprint density at radius 1 is 1.13 bits per heavy atom. The zero-order chi connectivity index (χ0) is 10.9. The standard InChI is InChI=1S/C13H16N2/c1-13(2,3)11-7-5-4-6-10(11)12-14-8-9-15-12/h4-9H,1-3H3,(H,14,15). The normalized spacial score (nSPS) is 11.7. The largest absolute Gasteiger partial charge is 0.345 e. The molecule has 0 atom stereocenters. The third-order valence-electron chi connectivity index (χ3n) is 2.49. The third-order valence-corrected chi connectivity index (χ3v) is 2.49. The van der Waals surface area contributed by atoms with Crippen LogP contribution in [0, 0.1) is 0 Å². The van der Waals surface area contributed by atoms with E-state index in [2.05, 4.69) is 48.9 Å². The monoisotopic (exact) mass is 200 g/mol. The summed E-state index contributed by atoms with van der Waals surface area (Å²) in [5, 5.41) is 0. The smallest absolute Gasteiger partial charge is 0.137 e. The molecule has 78 valence electrons. The second kappa shape index (κ2) is 3.54. The fourth-order valence-electron chi connectivity index (χ4n) is 1.76. The van der Waals surface area contributed by atoms with E-state index in [0.717, 1.165) is 5.82 Å². The molecule has 2 rings (SSSR count). The Labute approximate surface area is 90.4 Å². The van der Waals surface area contributed by atoms with Gasteiger partial charge < -0.3 is 4.98 Å². The van der Waals surface area contributed by atoms with E-state index in [1.165, 1.54) is 11.1 Å². The molecule has 0 radical (unpaired) electrons. The van der Waals surface area contributed by atoms with Crippen LogP contribution >= 0.6 is 0 Å². The highest BCUT2D eigenvalue weighted by molar-refractivity contribution is 5.61. The van der Waals surface area contributed by atoms with Crippen LogP contribution < -0.4 is 0 Å². The number of rotatable bonds is 1. The van der Waals surface area contributed by atoms with Gasteiger partial charge in [-0.15, -0.1) is 0 Å². The molecule has 0 unspecified atom stereocenters. The summed E-state index contributed by atoms with van der Waals surface area (Å²) >= 11 is 0. The first-order chi connectivity index (χ1) is 7.09. The molecule has 0 aliphatic carbocycles. The second-order valence-corrected chi connectivity index (χ2v) is 4.73. The molecule has 0 spiro atoms. The average Bonchev–Trinajstić information content (AvgIpc) is 2.69. The van der Waals surface area contributed by atoms with Crippen molar-refractivity contribution in [1.29, 1.82) is 0 Å². The Morgan fingerprint density at radius 3 is 2.47 bits per heavy atom. The van der Waals surface area contributed by atoms with Crippen molar-refractivity contribution >= 4 is 0 Å². The molecule has 2 nitrogen and oxygen atoms in total. The van der Waals surface area contributed by atoms with Crippen LogP contribution in [0.1, 0.15) is 26.3 Å². The van der Waals surface area contributed by atoms with Crippen LogP contribution in [0.5, 0.6) is 0 Å². The predicted molar refractivity (Wildman–Crippen MR) is 62.7 cm³/mol. The lowest BCUT2D eigenvalue weighted by atomic mass is 9.83. The van der Waals surface area contributed by atoms with Crippen molar-refractivity contribution in [3.05, 3.63) is 42.2 Å². The highest BCUT2D eigenvalue weighted by Crippen LogP contribution is 2.30. The van der Waals surface area contributed by atoms with Gasteiger partial charge in [0.25, 0.3) is 0 Å². The van der Waals surface area contributed by atoms with Gasteiger partial charge in [-0.3, -0.25) is 0 Å². The summed E-state index contributed by atoms with van der Waals surface area (Å²) in [5.41, 5.74) is 2.65. The minimum absolute atomic E-state index is 0.142. The number of hydrogen-bond donors (Lipinski definition) is 1. The van der Waals surface area contributed by atoms with Gasteiger partial charge in [-0.25, -0.2) is 4.98 Å². The van der Waals surface area contributed by atoms with E-state index in [1.54, 1.807) is 6.20 Å². The quantitative estimate of drug-likeness (QED) is 0.751. The molecule has 1 heterocycles. The lowest BCUT2D eigenvalue weighted by molar-refractivity contribution is 0.591. The second-order valence-electron chi connectivity index (χ2n) is 4.73. The first-order valence-electron chi connectivity index (χ1n) is 5.18. The Bertz CT molecular complexity index is 436. The number of nitrogens with zero attached hydrogens (tertiary/aromatic N) is 1. The van der Waals surface area contributed by atoms with Crippen LogP contribution in [0.3, 0.4) is 0 Å². The molecule has 0 saturated carbocycles. The van der Waals surface area contributed by atoms with E-state index in [9.17, 15) is 0 Å². The Morgan fingerprint density at radius 2 is 1.87 bits per heavy atom. The number of benzene rings is 1. The number of aromatic amines is 1. The summed E-state index contributed by atoms with van der Waals surface area (Å²) in [7, 11) is 0. The molecule has 0 bridgehead atoms. The number of imidazole rings is 1. The SMILES string of the molecule is CC(C)(C)c1ccccc1-c1ncc[nH]1. The van der Waals surface area contributed by atoms with Crippen LogP contribution in [0.4, 0.5) is 0 Å². The lowest BCUT2D eigenvalue weighted by Gasteiger charge is -2.21. The van der Waals surface area contributed by atoms with Gasteiger partial charge in [0.1, 0.15) is 5.82 Å². The lowest BCUT2D eigenvalue weighted by Crippen LogP contribution is -2.12. The van der Waals surface area contributed by atoms with Crippen molar-refractivity contribution in [2.45, 2.75) is 26.2 Å². The summed E-state index contributed by atoms with van der Waals surface area (Å²) < 4.78 is 0. The molecule has 0 aliphatic heterocycles. The maximum absolute atomic E-state index is 4.31. The van der Waals surface area contributed by atoms with Crippen LogP contribution in [0.25, 0.3) is 11.4 Å². The Balaban J connectivity index is 2.58. The first-order valence-corrected chi connectivity index (χ1v) is 5.18. The summed E-state index contributed by atoms with van der Waals surface area (Å²) in [6, 6.07) is 8.40. The van der Waals surface area contributed by atoms with Crippen LogP contribution in [-0.2, 0) is 5.41 Å². The van der Waals surface area contributed by atoms with E-state index in [0.29, 0.717) is 0 Å². The molecule has 0 amide bonds. The fraction of sp³-hybridized carbons (Fsp3) is 0.308. The van der Waals surface area contributed by atoms with Gasteiger partial charge in [-0.1, -0.05) is 45.0 Å². The molecule has 0 aliphatic rings. The number of nitrogens with one attached hydrogen (secondary N) is 1. The van der Waals surface area contributed by atoms with Crippen molar-refractivity contribution in [2.75, 3.05) is 0 Å². The molecular formula is C13H16N2. The van der Waals surface area contributed by atoms with Gasteiger partial charge in [-0.05, 0) is 11.0 Å². The summed E-state index contributed by atoms with van der Waals surface area (Å²) in [6.45, 7) is 6.65. The summed E-state index contributed by atoms with van der Waals surface area (Å²) in [5.74, 6) is 0.945. The molecule has 1 aromatic heterocycles. The molecule has 2 aromatic rings. The van der Waals surface area contributed by atoms with Crippen molar-refractivity contribution in [3.63, 3.8) is 0 Å². The van der Waals surface area contributed by atoms with E-state index >= 15 is 0 Å². The maximum Gasteiger partial charge on any atom is 0.137 e. The molecule has 0 saturated heterocycles. The minimum atomic E-state index is 0.142. The van der Waals surface area contributed by atoms with Crippen molar-refractivity contribution < 1.29 is 0 Å². The van der Waals surface area contributed by atoms with Crippen molar-refractivity contribution in [2.24, 2.45) is 0 Å². The molecular weight excluding hydrogens is 184 g/mol. The van der Waals surface area contributed by atoms with E-state index in [1.807, 2.05) is 12.3 Å². The molecule has 15 heavy (non-hydrogen) atoms. The summed E-state index contributed by atoms with van der Waals surface area (Å²) in [4.78, 5) is 7.46. The molecule has 0 fully saturated rings. The zero-order valence-electron chi connectivity index (χ0n) is 9.41. The first kappa shape index (κ1) is 9.97. The molecule has 2 heteroatoms. The molecule has 1 N–H and O–H groups in total. The maximum atomic E-state index is 4.31. The van der Waals surface area contributed by atoms with Crippen molar-refractivity contribution in [1.82, 2.24) is 9.97 Å². The predicted octanol–water partition coefficient (Wildman–Crippen LogP) is 3.37. The molecule has 1 aromatic carbocycles. The number of hydrogen-bond acceptors (Lipinski definition) is 1. The van der Waals surface area contributed by atoms with Crippen LogP contribution in [0.15, 0.2) is 36.7 Å². The number of aromatic nitrogens is 2. The Kier molecular flexibility index (Phi) is 2.35. The third kappa shape index (κ3) is 1.94. The topological polar surface area (TPSA) is 28.7 Å². The number of H-pyrrole nitrogens is 1. The van der Waals surface area contributed by atoms with E-state index < -0.39 is 0 Å². The zero-order valence-corrected chi connectivity index (χ0v) is 9.41. The highest BCUT2D eigenvalue weighted by Gasteiger charge is 2.18. The van der Waals surface area contributed by atoms with Crippen LogP contribution in [-0.4, -0.2) is 9.97 Å². The van der Waals surface area contributed by atoms with Gasteiger partial charge in [-0.2, -0.15) is 0 Å². The van der Waals surface area contributed by atoms with Gasteiger partial charge >= 0.3 is 0 Å². The average molecular weight is 200 g/mol. The van der Waals surface area contributed by atoms with E-state index in [4.69, 9.17) is 0 Å². The van der Waals surface area contributed by atoms with Crippen molar-refractivity contribution in [3.8, 4) is 11.4 Å². The summed E-state index contributed by atoms with van der Waals surface area (Å²) in [6.07, 6.45) is 3.64. The Hall–Kier alpha value is -1.57. The van der Waals surface area contributed by atoms with Gasteiger partial charge in [0.05, 0.1) is 0 Å². The van der Waals surface area contributed by atoms with E-state index in [-0.39, 0.29) is 5.41 Å². The van der Waals surface area contributed by atoms with Crippen LogP contribution in [0.2, 0.25) is 0 Å². The van der Waals surface area contributed by atoms with Gasteiger partial charge in [0.15, 0.2) is 0 Å². The van der Waals surface area contributed by atoms with Gasteiger partial charge in [0, 0.05) is 18.0 Å². The highest BCUT2D eigenvalue weighted by atomic mass is 14.9. The minimum Gasteiger partial charge on any atom is -0.345 e.